The smallest absolute Gasteiger partial charge is 0.265 e. The van der Waals surface area contributed by atoms with Gasteiger partial charge in [-0.05, 0) is 50.4 Å². The van der Waals surface area contributed by atoms with E-state index in [1.165, 1.54) is 0 Å². The lowest BCUT2D eigenvalue weighted by atomic mass is 10.2. The van der Waals surface area contributed by atoms with Crippen LogP contribution in [0, 0.1) is 0 Å². The van der Waals surface area contributed by atoms with Crippen LogP contribution in [-0.4, -0.2) is 50.1 Å². The maximum atomic E-state index is 12.5. The van der Waals surface area contributed by atoms with E-state index in [0.29, 0.717) is 26.5 Å². The number of nitrogens with zero attached hydrogens (tertiary/aromatic N) is 2. The first kappa shape index (κ1) is 21.1. The lowest BCUT2D eigenvalue weighted by molar-refractivity contribution is -0.122. The van der Waals surface area contributed by atoms with Crippen molar-refractivity contribution in [2.45, 2.75) is 13.0 Å². The molecule has 1 amide bonds. The quantitative estimate of drug-likeness (QED) is 0.722. The van der Waals surface area contributed by atoms with E-state index >= 15 is 0 Å². The number of amides is 1. The van der Waals surface area contributed by atoms with Crippen LogP contribution in [0.15, 0.2) is 36.4 Å². The zero-order valence-corrected chi connectivity index (χ0v) is 18.0. The number of ether oxygens (including phenoxy) is 1. The fourth-order valence-electron chi connectivity index (χ4n) is 2.95. The molecule has 0 saturated carbocycles. The van der Waals surface area contributed by atoms with Crippen molar-refractivity contribution < 1.29 is 9.53 Å². The van der Waals surface area contributed by atoms with Gasteiger partial charge in [-0.3, -0.25) is 4.79 Å². The van der Waals surface area contributed by atoms with Gasteiger partial charge in [-0.15, -0.1) is 0 Å². The van der Waals surface area contributed by atoms with Gasteiger partial charge >= 0.3 is 0 Å². The van der Waals surface area contributed by atoms with E-state index < -0.39 is 6.10 Å². The van der Waals surface area contributed by atoms with Crippen molar-refractivity contribution >= 4 is 52.1 Å². The summed E-state index contributed by atoms with van der Waals surface area (Å²) >= 11 is 18.4. The molecule has 1 aliphatic heterocycles. The zero-order valence-electron chi connectivity index (χ0n) is 15.7. The average molecular weight is 443 g/mol. The highest BCUT2D eigenvalue weighted by atomic mass is 35.5. The molecule has 150 valence electrons. The maximum Gasteiger partial charge on any atom is 0.265 e. The van der Waals surface area contributed by atoms with Crippen LogP contribution in [0.3, 0.4) is 0 Å². The standard InChI is InChI=1S/C20H22Cl3N3O2/c1-13(28-19-6-3-14(21)11-17(19)23)20(27)24-15-4-5-18(16(22)12-15)26-9-7-25(2)8-10-26/h3-6,11-13H,7-10H2,1-2H3,(H,24,27)/t13-/m0/s1. The summed E-state index contributed by atoms with van der Waals surface area (Å²) in [4.78, 5) is 17.0. The highest BCUT2D eigenvalue weighted by Gasteiger charge is 2.19. The number of rotatable bonds is 5. The van der Waals surface area contributed by atoms with Crippen LogP contribution < -0.4 is 15.0 Å². The minimum atomic E-state index is -0.741. The Hall–Kier alpha value is -1.66. The Morgan fingerprint density at radius 3 is 2.39 bits per heavy atom. The van der Waals surface area contributed by atoms with Gasteiger partial charge in [0.05, 0.1) is 15.7 Å². The van der Waals surface area contributed by atoms with Gasteiger partial charge in [0.1, 0.15) is 5.75 Å². The first-order chi connectivity index (χ1) is 13.3. The largest absolute Gasteiger partial charge is 0.479 e. The Balaban J connectivity index is 1.62. The summed E-state index contributed by atoms with van der Waals surface area (Å²) in [7, 11) is 2.11. The van der Waals surface area contributed by atoms with E-state index in [-0.39, 0.29) is 5.91 Å². The third-order valence-corrected chi connectivity index (χ3v) is 5.46. The van der Waals surface area contributed by atoms with E-state index in [1.54, 1.807) is 31.2 Å². The Labute approximate surface area is 180 Å². The summed E-state index contributed by atoms with van der Waals surface area (Å²) in [6, 6.07) is 10.4. The molecule has 0 aromatic heterocycles. The molecule has 2 aromatic carbocycles. The summed E-state index contributed by atoms with van der Waals surface area (Å²) < 4.78 is 5.64. The molecule has 1 N–H and O–H groups in total. The molecule has 1 aliphatic rings. The topological polar surface area (TPSA) is 44.8 Å². The molecule has 2 aromatic rings. The molecule has 8 heteroatoms. The SMILES string of the molecule is C[C@H](Oc1ccc(Cl)cc1Cl)C(=O)Nc1ccc(N2CCN(C)CC2)c(Cl)c1. The minimum Gasteiger partial charge on any atom is -0.479 e. The second-order valence-corrected chi connectivity index (χ2v) is 8.03. The van der Waals surface area contributed by atoms with E-state index in [9.17, 15) is 4.79 Å². The number of anilines is 2. The predicted octanol–water partition coefficient (Wildman–Crippen LogP) is 4.80. The Bertz CT molecular complexity index is 855. The second kappa shape index (κ2) is 9.23. The molecular formula is C20H22Cl3N3O2. The minimum absolute atomic E-state index is 0.297. The van der Waals surface area contributed by atoms with Crippen LogP contribution in [0.25, 0.3) is 0 Å². The molecule has 28 heavy (non-hydrogen) atoms. The molecule has 1 saturated heterocycles. The summed E-state index contributed by atoms with van der Waals surface area (Å²) in [5.41, 5.74) is 1.59. The summed E-state index contributed by atoms with van der Waals surface area (Å²) in [5, 5.41) is 4.29. The van der Waals surface area contributed by atoms with E-state index in [4.69, 9.17) is 39.5 Å². The van der Waals surface area contributed by atoms with Gasteiger partial charge in [0, 0.05) is 36.9 Å². The van der Waals surface area contributed by atoms with E-state index in [0.717, 1.165) is 31.9 Å². The fourth-order valence-corrected chi connectivity index (χ4v) is 3.70. The fraction of sp³-hybridized carbons (Fsp3) is 0.350. The van der Waals surface area contributed by atoms with Crippen molar-refractivity contribution in [2.75, 3.05) is 43.4 Å². The van der Waals surface area contributed by atoms with Gasteiger partial charge in [0.15, 0.2) is 6.10 Å². The van der Waals surface area contributed by atoms with Gasteiger partial charge < -0.3 is 19.9 Å². The number of hydrogen-bond donors (Lipinski definition) is 1. The highest BCUT2D eigenvalue weighted by Crippen LogP contribution is 2.30. The third kappa shape index (κ3) is 5.23. The number of benzene rings is 2. The van der Waals surface area contributed by atoms with Crippen molar-refractivity contribution in [1.82, 2.24) is 4.90 Å². The Kier molecular flexibility index (Phi) is 6.94. The second-order valence-electron chi connectivity index (χ2n) is 6.78. The number of halogens is 3. The number of likely N-dealkylation sites (N-methyl/N-ethyl adjacent to an activating group) is 1. The zero-order chi connectivity index (χ0) is 20.3. The maximum absolute atomic E-state index is 12.5. The Morgan fingerprint density at radius 2 is 1.75 bits per heavy atom. The molecule has 0 spiro atoms. The first-order valence-electron chi connectivity index (χ1n) is 8.99. The molecule has 0 unspecified atom stereocenters. The number of carbonyl (C=O) groups excluding carboxylic acids is 1. The van der Waals surface area contributed by atoms with Crippen molar-refractivity contribution in [3.63, 3.8) is 0 Å². The van der Waals surface area contributed by atoms with Crippen molar-refractivity contribution in [3.8, 4) is 5.75 Å². The van der Waals surface area contributed by atoms with Crippen molar-refractivity contribution in [3.05, 3.63) is 51.5 Å². The van der Waals surface area contributed by atoms with Crippen LogP contribution in [0.2, 0.25) is 15.1 Å². The van der Waals surface area contributed by atoms with Crippen LogP contribution in [0.4, 0.5) is 11.4 Å². The molecule has 0 bridgehead atoms. The normalized spacial score (nSPS) is 16.0. The van der Waals surface area contributed by atoms with E-state index in [2.05, 4.69) is 22.2 Å². The molecule has 1 fully saturated rings. The molecule has 0 radical (unpaired) electrons. The number of piperazine rings is 1. The summed E-state index contributed by atoms with van der Waals surface area (Å²) in [6.07, 6.45) is -0.741. The number of nitrogens with one attached hydrogen (secondary N) is 1. The van der Waals surface area contributed by atoms with Gasteiger partial charge in [-0.25, -0.2) is 0 Å². The van der Waals surface area contributed by atoms with Crippen LogP contribution in [0.1, 0.15) is 6.92 Å². The van der Waals surface area contributed by atoms with Crippen molar-refractivity contribution in [2.24, 2.45) is 0 Å². The molecule has 5 nitrogen and oxygen atoms in total. The van der Waals surface area contributed by atoms with E-state index in [1.807, 2.05) is 12.1 Å². The van der Waals surface area contributed by atoms with Crippen molar-refractivity contribution in [1.29, 1.82) is 0 Å². The molecular weight excluding hydrogens is 421 g/mol. The molecule has 1 heterocycles. The average Bonchev–Trinajstić information content (AvgIpc) is 2.65. The predicted molar refractivity (Wildman–Crippen MR) is 116 cm³/mol. The van der Waals surface area contributed by atoms with Gasteiger partial charge in [0.25, 0.3) is 5.91 Å². The van der Waals surface area contributed by atoms with Crippen LogP contribution in [0.5, 0.6) is 5.75 Å². The monoisotopic (exact) mass is 441 g/mol. The third-order valence-electron chi connectivity index (χ3n) is 4.63. The first-order valence-corrected chi connectivity index (χ1v) is 10.1. The van der Waals surface area contributed by atoms with Crippen LogP contribution in [-0.2, 0) is 4.79 Å². The van der Waals surface area contributed by atoms with Crippen LogP contribution >= 0.6 is 34.8 Å². The summed E-state index contributed by atoms with van der Waals surface area (Å²) in [5.74, 6) is 0.103. The van der Waals surface area contributed by atoms with Gasteiger partial charge in [-0.1, -0.05) is 34.8 Å². The number of carbonyl (C=O) groups is 1. The number of hydrogen-bond acceptors (Lipinski definition) is 4. The van der Waals surface area contributed by atoms with Gasteiger partial charge in [0.2, 0.25) is 0 Å². The molecule has 0 aliphatic carbocycles. The lowest BCUT2D eigenvalue weighted by Crippen LogP contribution is -2.44. The highest BCUT2D eigenvalue weighted by molar-refractivity contribution is 6.35. The lowest BCUT2D eigenvalue weighted by Gasteiger charge is -2.34. The molecule has 1 atom stereocenters. The van der Waals surface area contributed by atoms with Gasteiger partial charge in [-0.2, -0.15) is 0 Å². The molecule has 3 rings (SSSR count). The Morgan fingerprint density at radius 1 is 1.04 bits per heavy atom. The summed E-state index contributed by atoms with van der Waals surface area (Å²) in [6.45, 7) is 5.50.